The van der Waals surface area contributed by atoms with Gasteiger partial charge in [0.2, 0.25) is 5.91 Å². The molecule has 0 aromatic heterocycles. The normalized spacial score (nSPS) is 29.0. The molecule has 2 aliphatic heterocycles. The lowest BCUT2D eigenvalue weighted by molar-refractivity contribution is -0.126. The van der Waals surface area contributed by atoms with Crippen LogP contribution < -0.4 is 16.4 Å². The van der Waals surface area contributed by atoms with Crippen LogP contribution in [0.4, 0.5) is 10.5 Å². The van der Waals surface area contributed by atoms with Gasteiger partial charge in [0.05, 0.1) is 19.3 Å². The first-order chi connectivity index (χ1) is 11.1. The summed E-state index contributed by atoms with van der Waals surface area (Å²) >= 11 is 0. The molecule has 4 atom stereocenters. The Morgan fingerprint density at radius 3 is 2.65 bits per heavy atom. The summed E-state index contributed by atoms with van der Waals surface area (Å²) in [7, 11) is 0. The fourth-order valence-electron chi connectivity index (χ4n) is 2.78. The van der Waals surface area contributed by atoms with Crippen LogP contribution >= 0.6 is 0 Å². The molecular weight excluding hydrogens is 302 g/mol. The Labute approximate surface area is 133 Å². The molecule has 1 aromatic carbocycles. The van der Waals surface area contributed by atoms with Gasteiger partial charge in [-0.2, -0.15) is 0 Å². The summed E-state index contributed by atoms with van der Waals surface area (Å²) in [5.74, 6) is -0.539. The van der Waals surface area contributed by atoms with Crippen molar-refractivity contribution in [2.75, 3.05) is 25.1 Å². The molecule has 0 saturated carbocycles. The summed E-state index contributed by atoms with van der Waals surface area (Å²) in [4.78, 5) is 22.8. The summed E-state index contributed by atoms with van der Waals surface area (Å²) in [5.41, 5.74) is 5.77. The van der Waals surface area contributed by atoms with Crippen LogP contribution in [-0.4, -0.2) is 56.1 Å². The number of nitrogens with two attached hydrogens (primary N) is 1. The molecule has 8 heteroatoms. The number of carbonyl (C=O) groups excluding carboxylic acids is 2. The number of ether oxygens (including phenoxy) is 3. The van der Waals surface area contributed by atoms with Crippen molar-refractivity contribution in [2.24, 2.45) is 5.73 Å². The van der Waals surface area contributed by atoms with Crippen LogP contribution in [0.1, 0.15) is 0 Å². The minimum absolute atomic E-state index is 0.173. The van der Waals surface area contributed by atoms with Crippen LogP contribution in [0.15, 0.2) is 30.3 Å². The molecule has 23 heavy (non-hydrogen) atoms. The predicted octanol–water partition coefficient (Wildman–Crippen LogP) is -0.155. The fraction of sp³-hybridized carbons (Fsp3) is 0.467. The Bertz CT molecular complexity index is 567. The lowest BCUT2D eigenvalue weighted by atomic mass is 10.1. The fourth-order valence-corrected chi connectivity index (χ4v) is 2.78. The van der Waals surface area contributed by atoms with Gasteiger partial charge in [0.1, 0.15) is 24.9 Å². The third-order valence-corrected chi connectivity index (χ3v) is 3.80. The topological polar surface area (TPSA) is 112 Å². The van der Waals surface area contributed by atoms with E-state index in [9.17, 15) is 9.59 Å². The molecule has 0 radical (unpaired) electrons. The van der Waals surface area contributed by atoms with E-state index >= 15 is 0 Å². The molecule has 3 rings (SSSR count). The van der Waals surface area contributed by atoms with Crippen molar-refractivity contribution in [3.63, 3.8) is 0 Å². The first-order valence-corrected chi connectivity index (χ1v) is 7.39. The number of para-hydroxylation sites is 1. The van der Waals surface area contributed by atoms with Crippen LogP contribution in [-0.2, 0) is 19.0 Å². The highest BCUT2D eigenvalue weighted by Gasteiger charge is 2.48. The number of urea groups is 1. The third kappa shape index (κ3) is 3.79. The van der Waals surface area contributed by atoms with Gasteiger partial charge in [-0.05, 0) is 12.1 Å². The molecule has 124 valence electrons. The summed E-state index contributed by atoms with van der Waals surface area (Å²) in [6.45, 7) is 0.461. The number of hydrogen-bond donors (Lipinski definition) is 3. The van der Waals surface area contributed by atoms with Crippen molar-refractivity contribution in [1.29, 1.82) is 0 Å². The van der Waals surface area contributed by atoms with E-state index in [1.165, 1.54) is 0 Å². The summed E-state index contributed by atoms with van der Waals surface area (Å²) in [6, 6.07) is 8.55. The zero-order valence-electron chi connectivity index (χ0n) is 12.4. The third-order valence-electron chi connectivity index (χ3n) is 3.80. The Morgan fingerprint density at radius 2 is 1.91 bits per heavy atom. The highest BCUT2D eigenvalue weighted by molar-refractivity contribution is 5.89. The molecule has 0 aliphatic carbocycles. The van der Waals surface area contributed by atoms with Crippen LogP contribution in [0.25, 0.3) is 0 Å². The van der Waals surface area contributed by atoms with Gasteiger partial charge in [-0.3, -0.25) is 4.79 Å². The van der Waals surface area contributed by atoms with Crippen molar-refractivity contribution >= 4 is 17.6 Å². The maximum Gasteiger partial charge on any atom is 0.319 e. The predicted molar refractivity (Wildman–Crippen MR) is 80.8 cm³/mol. The van der Waals surface area contributed by atoms with E-state index in [0.717, 1.165) is 0 Å². The molecular formula is C15H19N3O5. The van der Waals surface area contributed by atoms with E-state index < -0.39 is 5.91 Å². The molecule has 2 fully saturated rings. The highest BCUT2D eigenvalue weighted by Crippen LogP contribution is 2.28. The molecule has 0 bridgehead atoms. The minimum Gasteiger partial charge on any atom is -0.370 e. The number of primary amides is 1. The van der Waals surface area contributed by atoms with E-state index in [-0.39, 0.29) is 37.0 Å². The number of hydrogen-bond acceptors (Lipinski definition) is 5. The van der Waals surface area contributed by atoms with Crippen molar-refractivity contribution in [3.8, 4) is 0 Å². The second-order valence-electron chi connectivity index (χ2n) is 5.48. The van der Waals surface area contributed by atoms with Crippen LogP contribution in [0, 0.1) is 0 Å². The second kappa shape index (κ2) is 6.95. The number of fused-ring (bicyclic) bond motifs is 1. The van der Waals surface area contributed by atoms with Crippen molar-refractivity contribution in [3.05, 3.63) is 30.3 Å². The smallest absolute Gasteiger partial charge is 0.319 e. The molecule has 4 N–H and O–H groups in total. The van der Waals surface area contributed by atoms with Crippen molar-refractivity contribution < 1.29 is 23.8 Å². The highest BCUT2D eigenvalue weighted by atomic mass is 16.6. The Balaban J connectivity index is 1.51. The minimum atomic E-state index is -0.539. The Kier molecular flexibility index (Phi) is 4.75. The van der Waals surface area contributed by atoms with Gasteiger partial charge in [0.15, 0.2) is 0 Å². The number of amides is 3. The number of benzene rings is 1. The van der Waals surface area contributed by atoms with E-state index in [0.29, 0.717) is 18.9 Å². The Hall–Kier alpha value is -2.16. The quantitative estimate of drug-likeness (QED) is 0.698. The monoisotopic (exact) mass is 321 g/mol. The average Bonchev–Trinajstić information content (AvgIpc) is 3.09. The van der Waals surface area contributed by atoms with Gasteiger partial charge in [0, 0.05) is 5.69 Å². The maximum atomic E-state index is 12.0. The number of anilines is 1. The van der Waals surface area contributed by atoms with E-state index in [1.807, 2.05) is 18.2 Å². The van der Waals surface area contributed by atoms with Gasteiger partial charge in [-0.15, -0.1) is 0 Å². The molecule has 2 heterocycles. The van der Waals surface area contributed by atoms with E-state index in [1.54, 1.807) is 12.1 Å². The van der Waals surface area contributed by atoms with Gasteiger partial charge < -0.3 is 30.6 Å². The SMILES string of the molecule is NC(=O)COC1COC2C(NC(=O)Nc3ccccc3)COC12. The zero-order chi connectivity index (χ0) is 16.2. The van der Waals surface area contributed by atoms with Gasteiger partial charge >= 0.3 is 6.03 Å². The molecule has 2 saturated heterocycles. The van der Waals surface area contributed by atoms with E-state index in [4.69, 9.17) is 19.9 Å². The van der Waals surface area contributed by atoms with Crippen molar-refractivity contribution in [1.82, 2.24) is 5.32 Å². The van der Waals surface area contributed by atoms with Crippen LogP contribution in [0.2, 0.25) is 0 Å². The lowest BCUT2D eigenvalue weighted by Gasteiger charge is -2.18. The standard InChI is InChI=1S/C15H19N3O5/c16-12(19)8-21-11-7-23-13-10(6-22-14(11)13)18-15(20)17-9-4-2-1-3-5-9/h1-5,10-11,13-14H,6-8H2,(H2,16,19)(H2,17,18,20). The van der Waals surface area contributed by atoms with Crippen LogP contribution in [0.5, 0.6) is 0 Å². The molecule has 3 amide bonds. The van der Waals surface area contributed by atoms with E-state index in [2.05, 4.69) is 10.6 Å². The Morgan fingerprint density at radius 1 is 1.17 bits per heavy atom. The summed E-state index contributed by atoms with van der Waals surface area (Å²) in [6.07, 6.45) is -0.956. The maximum absolute atomic E-state index is 12.0. The molecule has 8 nitrogen and oxygen atoms in total. The van der Waals surface area contributed by atoms with Gasteiger partial charge in [-0.1, -0.05) is 18.2 Å². The molecule has 4 unspecified atom stereocenters. The lowest BCUT2D eigenvalue weighted by Crippen LogP contribution is -2.46. The molecule has 2 aliphatic rings. The first kappa shape index (κ1) is 15.7. The summed E-state index contributed by atoms with van der Waals surface area (Å²) in [5, 5.41) is 5.58. The number of carbonyl (C=O) groups is 2. The largest absolute Gasteiger partial charge is 0.370 e. The van der Waals surface area contributed by atoms with Gasteiger partial charge in [-0.25, -0.2) is 4.79 Å². The zero-order valence-corrected chi connectivity index (χ0v) is 12.4. The summed E-state index contributed by atoms with van der Waals surface area (Å²) < 4.78 is 16.7. The molecule has 0 spiro atoms. The second-order valence-corrected chi connectivity index (χ2v) is 5.48. The first-order valence-electron chi connectivity index (χ1n) is 7.39. The number of nitrogens with one attached hydrogen (secondary N) is 2. The van der Waals surface area contributed by atoms with Crippen molar-refractivity contribution in [2.45, 2.75) is 24.4 Å². The number of rotatable bonds is 5. The van der Waals surface area contributed by atoms with Crippen LogP contribution in [0.3, 0.4) is 0 Å². The average molecular weight is 321 g/mol. The van der Waals surface area contributed by atoms with Gasteiger partial charge in [0.25, 0.3) is 0 Å². The molecule has 1 aromatic rings.